The van der Waals surface area contributed by atoms with E-state index in [2.05, 4.69) is 0 Å². The van der Waals surface area contributed by atoms with E-state index in [4.69, 9.17) is 18.5 Å². The fourth-order valence-corrected chi connectivity index (χ4v) is 3.97. The van der Waals surface area contributed by atoms with E-state index >= 15 is 0 Å². The molecule has 0 aliphatic heterocycles. The van der Waals surface area contributed by atoms with Gasteiger partial charge in [0.1, 0.15) is 23.7 Å². The molecule has 25 heavy (non-hydrogen) atoms. The Morgan fingerprint density at radius 1 is 1.16 bits per heavy atom. The van der Waals surface area contributed by atoms with Crippen molar-refractivity contribution in [3.63, 3.8) is 0 Å². The Morgan fingerprint density at radius 3 is 2.28 bits per heavy atom. The molecule has 2 atom stereocenters. The first kappa shape index (κ1) is 19.8. The highest BCUT2D eigenvalue weighted by molar-refractivity contribution is 7.33. The maximum absolute atomic E-state index is 13.3. The quantitative estimate of drug-likeness (QED) is 0.470. The minimum absolute atomic E-state index is 0.00951. The average molecular weight is 369 g/mol. The Kier molecular flexibility index (Phi) is 7.82. The maximum atomic E-state index is 13.3. The first-order valence-electron chi connectivity index (χ1n) is 8.64. The van der Waals surface area contributed by atoms with Crippen LogP contribution in [0.1, 0.15) is 49.4 Å². The zero-order valence-corrected chi connectivity index (χ0v) is 15.9. The summed E-state index contributed by atoms with van der Waals surface area (Å²) in [5.41, 5.74) is 0.322. The summed E-state index contributed by atoms with van der Waals surface area (Å²) >= 11 is 0. The van der Waals surface area contributed by atoms with E-state index < -0.39 is 14.4 Å². The van der Waals surface area contributed by atoms with Gasteiger partial charge in [-0.25, -0.2) is 0 Å². The third-order valence-electron chi connectivity index (χ3n) is 4.44. The molecule has 0 N–H and O–H groups in total. The van der Waals surface area contributed by atoms with Gasteiger partial charge in [-0.15, -0.1) is 9.05 Å². The van der Waals surface area contributed by atoms with E-state index in [0.29, 0.717) is 17.1 Å². The van der Waals surface area contributed by atoms with Gasteiger partial charge in [0.2, 0.25) is 5.78 Å². The second-order valence-electron chi connectivity index (χ2n) is 5.97. The van der Waals surface area contributed by atoms with Crippen LogP contribution < -0.4 is 9.47 Å². The van der Waals surface area contributed by atoms with Gasteiger partial charge in [0.15, 0.2) is 6.10 Å². The predicted molar refractivity (Wildman–Crippen MR) is 94.6 cm³/mol. The van der Waals surface area contributed by atoms with Crippen molar-refractivity contribution in [1.82, 2.24) is 0 Å². The summed E-state index contributed by atoms with van der Waals surface area (Å²) < 4.78 is 33.3. The van der Waals surface area contributed by atoms with Gasteiger partial charge < -0.3 is 9.47 Å². The molecule has 1 saturated carbocycles. The number of carbonyl (C=O) groups is 1. The molecule has 1 aromatic rings. The van der Waals surface area contributed by atoms with E-state index in [1.165, 1.54) is 14.2 Å². The smallest absolute Gasteiger partial charge is 0.496 e. The second-order valence-corrected chi connectivity index (χ2v) is 6.88. The summed E-state index contributed by atoms with van der Waals surface area (Å²) in [7, 11) is 0.657. The van der Waals surface area contributed by atoms with Crippen LogP contribution in [0.15, 0.2) is 18.2 Å². The minimum atomic E-state index is -2.35. The lowest BCUT2D eigenvalue weighted by atomic mass is 9.82. The topological polar surface area (TPSA) is 71.1 Å². The van der Waals surface area contributed by atoms with Gasteiger partial charge in [0, 0.05) is 4.57 Å². The lowest BCUT2D eigenvalue weighted by molar-refractivity contribution is 0.0575. The molecule has 0 spiro atoms. The Bertz CT molecular complexity index is 575. The molecule has 2 rings (SSSR count). The Morgan fingerprint density at radius 2 is 1.76 bits per heavy atom. The number of benzene rings is 1. The van der Waals surface area contributed by atoms with Crippen molar-refractivity contribution >= 4 is 14.0 Å². The Balaban J connectivity index is 2.35. The number of ether oxygens (including phenoxy) is 2. The summed E-state index contributed by atoms with van der Waals surface area (Å²) in [4.78, 5) is 13.3. The summed E-state index contributed by atoms with van der Waals surface area (Å²) in [5.74, 6) is 0.570. The number of Topliss-reactive ketones (excluding diaryl/α,β-unsaturated/α-hetero) is 1. The molecule has 0 amide bonds. The van der Waals surface area contributed by atoms with Gasteiger partial charge in [-0.1, -0.05) is 25.3 Å². The van der Waals surface area contributed by atoms with Crippen LogP contribution in [-0.2, 0) is 13.6 Å². The van der Waals surface area contributed by atoms with Crippen molar-refractivity contribution in [3.8, 4) is 11.5 Å². The highest BCUT2D eigenvalue weighted by Gasteiger charge is 2.41. The summed E-state index contributed by atoms with van der Waals surface area (Å²) in [6.07, 6.45) is 4.11. The summed E-state index contributed by atoms with van der Waals surface area (Å²) in [6, 6.07) is 5.16. The standard InChI is InChI=1S/C18H26O6P/c1-4-23-25(20)24-18(13-9-6-5-7-10-13)17(19)16-14(21-2)11-8-12-15(16)22-3/h8,11-13,18H,4-7,9-10H2,1-3H3/q+1. The van der Waals surface area contributed by atoms with Crippen LogP contribution >= 0.6 is 8.25 Å². The van der Waals surface area contributed by atoms with Crippen LogP contribution in [0, 0.1) is 5.92 Å². The molecular weight excluding hydrogens is 343 g/mol. The molecule has 0 heterocycles. The molecule has 6 nitrogen and oxygen atoms in total. The summed E-state index contributed by atoms with van der Waals surface area (Å²) in [6.45, 7) is 2.00. The van der Waals surface area contributed by atoms with E-state index in [9.17, 15) is 9.36 Å². The molecule has 1 aromatic carbocycles. The van der Waals surface area contributed by atoms with Gasteiger partial charge in [0.25, 0.3) is 0 Å². The number of hydrogen-bond acceptors (Lipinski definition) is 6. The van der Waals surface area contributed by atoms with Gasteiger partial charge in [-0.05, 0) is 37.8 Å². The molecule has 2 unspecified atom stereocenters. The predicted octanol–water partition coefficient (Wildman–Crippen LogP) is 4.55. The fourth-order valence-electron chi connectivity index (χ4n) is 3.25. The highest BCUT2D eigenvalue weighted by Crippen LogP contribution is 2.39. The molecular formula is C18H26O6P+. The maximum Gasteiger partial charge on any atom is 0.698 e. The summed E-state index contributed by atoms with van der Waals surface area (Å²) in [5, 5.41) is 0. The molecule has 0 bridgehead atoms. The Labute approximate surface area is 149 Å². The van der Waals surface area contributed by atoms with Crippen LogP contribution in [0.2, 0.25) is 0 Å². The van der Waals surface area contributed by atoms with Gasteiger partial charge in [-0.3, -0.25) is 4.79 Å². The largest absolute Gasteiger partial charge is 0.698 e. The lowest BCUT2D eigenvalue weighted by Crippen LogP contribution is -2.33. The second kappa shape index (κ2) is 9.85. The lowest BCUT2D eigenvalue weighted by Gasteiger charge is -2.26. The van der Waals surface area contributed by atoms with Gasteiger partial charge in [0.05, 0.1) is 14.2 Å². The van der Waals surface area contributed by atoms with Crippen molar-refractivity contribution in [2.75, 3.05) is 20.8 Å². The molecule has 0 saturated heterocycles. The Hall–Kier alpha value is -1.49. The number of carbonyl (C=O) groups excluding carboxylic acids is 1. The third kappa shape index (κ3) is 5.00. The van der Waals surface area contributed by atoms with Crippen LogP contribution in [0.3, 0.4) is 0 Å². The molecule has 1 aliphatic rings. The molecule has 1 fully saturated rings. The number of hydrogen-bond donors (Lipinski definition) is 0. The van der Waals surface area contributed by atoms with E-state index in [1.807, 2.05) is 0 Å². The fraction of sp³-hybridized carbons (Fsp3) is 0.611. The number of rotatable bonds is 9. The first-order chi connectivity index (χ1) is 12.1. The SMILES string of the molecule is CCO[P+](=O)OC(C(=O)c1c(OC)cccc1OC)C1CCCCC1. The first-order valence-corrected chi connectivity index (χ1v) is 9.74. The molecule has 0 aromatic heterocycles. The zero-order chi connectivity index (χ0) is 18.2. The normalized spacial score (nSPS) is 17.0. The van der Waals surface area contributed by atoms with Crippen molar-refractivity contribution in [1.29, 1.82) is 0 Å². The van der Waals surface area contributed by atoms with E-state index in [1.54, 1.807) is 25.1 Å². The van der Waals surface area contributed by atoms with Crippen molar-refractivity contribution in [2.45, 2.75) is 45.1 Å². The average Bonchev–Trinajstić information content (AvgIpc) is 2.65. The van der Waals surface area contributed by atoms with Crippen molar-refractivity contribution in [3.05, 3.63) is 23.8 Å². The van der Waals surface area contributed by atoms with Crippen LogP contribution in [0.4, 0.5) is 0 Å². The number of methoxy groups -OCH3 is 2. The molecule has 1 aliphatic carbocycles. The highest BCUT2D eigenvalue weighted by atomic mass is 31.1. The van der Waals surface area contributed by atoms with Crippen molar-refractivity contribution in [2.24, 2.45) is 5.92 Å². The number of ketones is 1. The van der Waals surface area contributed by atoms with Gasteiger partial charge >= 0.3 is 8.25 Å². The van der Waals surface area contributed by atoms with Crippen LogP contribution in [0.25, 0.3) is 0 Å². The minimum Gasteiger partial charge on any atom is -0.496 e. The van der Waals surface area contributed by atoms with E-state index in [-0.39, 0.29) is 18.3 Å². The van der Waals surface area contributed by atoms with Crippen LogP contribution in [-0.4, -0.2) is 32.7 Å². The molecule has 7 heteroatoms. The van der Waals surface area contributed by atoms with Crippen molar-refractivity contribution < 1.29 is 27.9 Å². The zero-order valence-electron chi connectivity index (χ0n) is 15.0. The van der Waals surface area contributed by atoms with Gasteiger partial charge in [-0.2, -0.15) is 0 Å². The third-order valence-corrected chi connectivity index (χ3v) is 5.31. The molecule has 138 valence electrons. The molecule has 0 radical (unpaired) electrons. The monoisotopic (exact) mass is 369 g/mol. The van der Waals surface area contributed by atoms with E-state index in [0.717, 1.165) is 32.1 Å². The van der Waals surface area contributed by atoms with Crippen LogP contribution in [0.5, 0.6) is 11.5 Å².